The van der Waals surface area contributed by atoms with Gasteiger partial charge in [0.15, 0.2) is 0 Å². The summed E-state index contributed by atoms with van der Waals surface area (Å²) < 4.78 is 13.5. The fraction of sp³-hybridized carbons (Fsp3) is 0.296. The molecule has 148 valence electrons. The van der Waals surface area contributed by atoms with Crippen molar-refractivity contribution in [3.63, 3.8) is 0 Å². The highest BCUT2D eigenvalue weighted by Crippen LogP contribution is 2.45. The van der Waals surface area contributed by atoms with Crippen molar-refractivity contribution < 1.29 is 4.39 Å². The van der Waals surface area contributed by atoms with Crippen molar-refractivity contribution in [2.24, 2.45) is 5.41 Å². The van der Waals surface area contributed by atoms with Gasteiger partial charge in [0, 0.05) is 17.4 Å². The van der Waals surface area contributed by atoms with E-state index in [1.54, 1.807) is 12.1 Å². The lowest BCUT2D eigenvalue weighted by molar-refractivity contribution is 0.457. The molecule has 0 radical (unpaired) electrons. The molecule has 0 spiro atoms. The van der Waals surface area contributed by atoms with Gasteiger partial charge in [0.25, 0.3) is 0 Å². The summed E-state index contributed by atoms with van der Waals surface area (Å²) in [6.07, 6.45) is 16.8. The maximum absolute atomic E-state index is 13.5. The molecule has 1 unspecified atom stereocenters. The highest BCUT2D eigenvalue weighted by molar-refractivity contribution is 5.58. The van der Waals surface area contributed by atoms with Gasteiger partial charge in [0.2, 0.25) is 0 Å². The van der Waals surface area contributed by atoms with Crippen LogP contribution in [-0.2, 0) is 6.42 Å². The first-order valence-electron chi connectivity index (χ1n) is 10.2. The van der Waals surface area contributed by atoms with Crippen molar-refractivity contribution in [3.05, 3.63) is 107 Å². The van der Waals surface area contributed by atoms with Crippen LogP contribution in [0.3, 0.4) is 0 Å². The molecular weight excluding hydrogens is 357 g/mol. The maximum atomic E-state index is 13.5. The van der Waals surface area contributed by atoms with Crippen LogP contribution in [0.15, 0.2) is 95.2 Å². The Morgan fingerprint density at radius 2 is 2.10 bits per heavy atom. The van der Waals surface area contributed by atoms with Gasteiger partial charge in [-0.3, -0.25) is 0 Å². The number of nitriles is 1. The summed E-state index contributed by atoms with van der Waals surface area (Å²) in [5.41, 5.74) is 6.39. The van der Waals surface area contributed by atoms with Gasteiger partial charge in [-0.15, -0.1) is 0 Å². The third-order valence-corrected chi connectivity index (χ3v) is 6.11. The zero-order chi connectivity index (χ0) is 20.9. The fourth-order valence-electron chi connectivity index (χ4n) is 4.01. The molecule has 2 aliphatic carbocycles. The lowest BCUT2D eigenvalue weighted by atomic mass is 9.68. The minimum atomic E-state index is -0.180. The molecule has 0 bridgehead atoms. The zero-order valence-corrected chi connectivity index (χ0v) is 17.3. The van der Waals surface area contributed by atoms with Crippen molar-refractivity contribution in [2.75, 3.05) is 0 Å². The molecule has 0 N–H and O–H groups in total. The number of hydrogen-bond acceptors (Lipinski definition) is 1. The molecular formula is C27H28FN. The van der Waals surface area contributed by atoms with Crippen LogP contribution in [0.5, 0.6) is 0 Å². The summed E-state index contributed by atoms with van der Waals surface area (Å²) >= 11 is 0. The Bertz CT molecular complexity index is 994. The quantitative estimate of drug-likeness (QED) is 0.470. The van der Waals surface area contributed by atoms with Crippen LogP contribution in [0.2, 0.25) is 0 Å². The van der Waals surface area contributed by atoms with Gasteiger partial charge in [0.1, 0.15) is 5.82 Å². The summed E-state index contributed by atoms with van der Waals surface area (Å²) in [5, 5.41) is 9.60. The fourth-order valence-corrected chi connectivity index (χ4v) is 4.01. The molecule has 2 heteroatoms. The van der Waals surface area contributed by atoms with Crippen LogP contribution in [0, 0.1) is 22.6 Å². The number of allylic oxidation sites excluding steroid dienone is 11. The van der Waals surface area contributed by atoms with E-state index >= 15 is 0 Å². The molecule has 29 heavy (non-hydrogen) atoms. The SMILES string of the molecule is C=C(C)C1(C)CC=C(C2=C(C#N)CC=CC=C2)C=C1CCCc1cccc(F)c1. The standard InChI is InChI=1S/C27H28FN/c1-20(2)27(3)16-15-22(26-14-6-4-5-11-23(26)19-29)18-24(27)12-7-9-21-10-8-13-25(28)17-21/h4-6,8,10,13-15,17-18H,1,7,9,11-12,16H2,2-3H3. The van der Waals surface area contributed by atoms with Crippen LogP contribution >= 0.6 is 0 Å². The van der Waals surface area contributed by atoms with Crippen molar-refractivity contribution in [2.45, 2.75) is 46.0 Å². The number of hydrogen-bond donors (Lipinski definition) is 0. The van der Waals surface area contributed by atoms with Crippen LogP contribution < -0.4 is 0 Å². The first-order valence-corrected chi connectivity index (χ1v) is 10.2. The first kappa shape index (κ1) is 20.8. The van der Waals surface area contributed by atoms with Gasteiger partial charge >= 0.3 is 0 Å². The van der Waals surface area contributed by atoms with E-state index in [1.807, 2.05) is 30.4 Å². The first-order chi connectivity index (χ1) is 13.9. The van der Waals surface area contributed by atoms with E-state index in [0.717, 1.165) is 53.5 Å². The molecule has 0 amide bonds. The Hall–Kier alpha value is -2.92. The average Bonchev–Trinajstić information content (AvgIpc) is 2.95. The number of benzene rings is 1. The predicted molar refractivity (Wildman–Crippen MR) is 119 cm³/mol. The second-order valence-corrected chi connectivity index (χ2v) is 8.12. The Labute approximate surface area is 174 Å². The van der Waals surface area contributed by atoms with Crippen molar-refractivity contribution in [1.82, 2.24) is 0 Å². The van der Waals surface area contributed by atoms with Crippen LogP contribution in [0.1, 0.15) is 45.1 Å². The van der Waals surface area contributed by atoms with E-state index in [-0.39, 0.29) is 11.2 Å². The van der Waals surface area contributed by atoms with Crippen LogP contribution in [0.25, 0.3) is 0 Å². The lowest BCUT2D eigenvalue weighted by Gasteiger charge is -2.36. The molecule has 0 aliphatic heterocycles. The largest absolute Gasteiger partial charge is 0.207 e. The summed E-state index contributed by atoms with van der Waals surface area (Å²) in [6.45, 7) is 8.60. The minimum absolute atomic E-state index is 0.0779. The predicted octanol–water partition coefficient (Wildman–Crippen LogP) is 7.32. The van der Waals surface area contributed by atoms with Crippen LogP contribution in [0.4, 0.5) is 4.39 Å². The molecule has 1 aromatic rings. The normalized spacial score (nSPS) is 21.3. The molecule has 0 heterocycles. The number of nitrogens with zero attached hydrogens (tertiary/aromatic N) is 1. The molecule has 3 rings (SSSR count). The van der Waals surface area contributed by atoms with Crippen molar-refractivity contribution in [3.8, 4) is 6.07 Å². The molecule has 1 aromatic carbocycles. The topological polar surface area (TPSA) is 23.8 Å². The van der Waals surface area contributed by atoms with E-state index in [2.05, 4.69) is 38.6 Å². The molecule has 0 aromatic heterocycles. The summed E-state index contributed by atoms with van der Waals surface area (Å²) in [5.74, 6) is -0.180. The van der Waals surface area contributed by atoms with Gasteiger partial charge < -0.3 is 0 Å². The molecule has 0 saturated heterocycles. The average molecular weight is 386 g/mol. The molecule has 0 saturated carbocycles. The van der Waals surface area contributed by atoms with Gasteiger partial charge in [0.05, 0.1) is 6.07 Å². The number of aryl methyl sites for hydroxylation is 1. The van der Waals surface area contributed by atoms with Crippen molar-refractivity contribution >= 4 is 0 Å². The van der Waals surface area contributed by atoms with Gasteiger partial charge in [-0.25, -0.2) is 4.39 Å². The highest BCUT2D eigenvalue weighted by Gasteiger charge is 2.31. The monoisotopic (exact) mass is 385 g/mol. The number of rotatable bonds is 6. The Balaban J connectivity index is 1.85. The Morgan fingerprint density at radius 1 is 1.28 bits per heavy atom. The number of halogens is 1. The minimum Gasteiger partial charge on any atom is -0.207 e. The molecule has 1 atom stereocenters. The van der Waals surface area contributed by atoms with Gasteiger partial charge in [-0.2, -0.15) is 5.26 Å². The Morgan fingerprint density at radius 3 is 2.83 bits per heavy atom. The van der Waals surface area contributed by atoms with E-state index in [4.69, 9.17) is 0 Å². The van der Waals surface area contributed by atoms with Crippen molar-refractivity contribution in [1.29, 1.82) is 5.26 Å². The smallest absolute Gasteiger partial charge is 0.123 e. The van der Waals surface area contributed by atoms with E-state index in [0.29, 0.717) is 6.42 Å². The molecule has 2 aliphatic rings. The van der Waals surface area contributed by atoms with E-state index in [9.17, 15) is 9.65 Å². The Kier molecular flexibility index (Phi) is 6.49. The lowest BCUT2D eigenvalue weighted by Crippen LogP contribution is -2.23. The summed E-state index contributed by atoms with van der Waals surface area (Å²) in [6, 6.07) is 9.23. The summed E-state index contributed by atoms with van der Waals surface area (Å²) in [7, 11) is 0. The van der Waals surface area contributed by atoms with Crippen LogP contribution in [-0.4, -0.2) is 0 Å². The second-order valence-electron chi connectivity index (χ2n) is 8.12. The highest BCUT2D eigenvalue weighted by atomic mass is 19.1. The maximum Gasteiger partial charge on any atom is 0.123 e. The second kappa shape index (κ2) is 9.05. The van der Waals surface area contributed by atoms with E-state index in [1.165, 1.54) is 11.6 Å². The zero-order valence-electron chi connectivity index (χ0n) is 17.3. The third-order valence-electron chi connectivity index (χ3n) is 6.11. The third kappa shape index (κ3) is 4.74. The summed E-state index contributed by atoms with van der Waals surface area (Å²) in [4.78, 5) is 0. The molecule has 0 fully saturated rings. The molecule has 1 nitrogen and oxygen atoms in total. The van der Waals surface area contributed by atoms with Gasteiger partial charge in [-0.05, 0) is 61.4 Å². The van der Waals surface area contributed by atoms with E-state index < -0.39 is 0 Å². The van der Waals surface area contributed by atoms with Gasteiger partial charge in [-0.1, -0.05) is 73.2 Å².